The van der Waals surface area contributed by atoms with Crippen molar-refractivity contribution in [3.05, 3.63) is 0 Å². The number of hydrogen-bond donors (Lipinski definition) is 1. The summed E-state index contributed by atoms with van der Waals surface area (Å²) in [5.74, 6) is 0.892. The molecule has 4 unspecified atom stereocenters. The van der Waals surface area contributed by atoms with Gasteiger partial charge in [-0.2, -0.15) is 0 Å². The smallest absolute Gasteiger partial charge is 0.310 e. The highest BCUT2D eigenvalue weighted by Crippen LogP contribution is 2.44. The van der Waals surface area contributed by atoms with Crippen LogP contribution in [0.2, 0.25) is 0 Å². The molecule has 1 heterocycles. The summed E-state index contributed by atoms with van der Waals surface area (Å²) in [6.45, 7) is 4.18. The van der Waals surface area contributed by atoms with E-state index >= 15 is 0 Å². The average molecular weight is 279 g/mol. The molecule has 20 heavy (non-hydrogen) atoms. The number of aliphatic carboxylic acids is 1. The van der Waals surface area contributed by atoms with Gasteiger partial charge in [0.25, 0.3) is 0 Å². The molecular weight excluding hydrogens is 250 g/mol. The van der Waals surface area contributed by atoms with Crippen LogP contribution >= 0.6 is 0 Å². The van der Waals surface area contributed by atoms with E-state index in [1.165, 1.54) is 38.5 Å². The van der Waals surface area contributed by atoms with Gasteiger partial charge < -0.3 is 5.11 Å². The third-order valence-corrected chi connectivity index (χ3v) is 6.18. The Labute approximate surface area is 122 Å². The number of carbonyl (C=O) groups is 1. The SMILES string of the molecule is CC1CCCC(CN2CCC3CCCCC32)(C(=O)O)C1. The van der Waals surface area contributed by atoms with E-state index in [-0.39, 0.29) is 0 Å². The Morgan fingerprint density at radius 3 is 2.75 bits per heavy atom. The fraction of sp³-hybridized carbons (Fsp3) is 0.941. The minimum absolute atomic E-state index is 0.454. The molecule has 1 N–H and O–H groups in total. The van der Waals surface area contributed by atoms with Crippen LogP contribution < -0.4 is 0 Å². The molecule has 3 nitrogen and oxygen atoms in total. The van der Waals surface area contributed by atoms with Crippen molar-refractivity contribution in [3.8, 4) is 0 Å². The lowest BCUT2D eigenvalue weighted by molar-refractivity contribution is -0.154. The largest absolute Gasteiger partial charge is 0.481 e. The van der Waals surface area contributed by atoms with Crippen molar-refractivity contribution < 1.29 is 9.90 Å². The zero-order valence-corrected chi connectivity index (χ0v) is 12.8. The molecule has 0 aromatic carbocycles. The minimum atomic E-state index is -0.539. The molecule has 0 spiro atoms. The third kappa shape index (κ3) is 2.61. The third-order valence-electron chi connectivity index (χ3n) is 6.18. The maximum atomic E-state index is 11.9. The molecule has 1 saturated heterocycles. The van der Waals surface area contributed by atoms with Crippen molar-refractivity contribution in [1.29, 1.82) is 0 Å². The first-order chi connectivity index (χ1) is 9.61. The Bertz CT molecular complexity index is 370. The Kier molecular flexibility index (Phi) is 4.07. The summed E-state index contributed by atoms with van der Waals surface area (Å²) in [7, 11) is 0. The molecule has 3 heteroatoms. The Hall–Kier alpha value is -0.570. The lowest BCUT2D eigenvalue weighted by atomic mass is 9.69. The van der Waals surface area contributed by atoms with Crippen molar-refractivity contribution in [1.82, 2.24) is 4.90 Å². The number of nitrogens with zero attached hydrogens (tertiary/aromatic N) is 1. The molecule has 114 valence electrons. The summed E-state index contributed by atoms with van der Waals surface area (Å²) in [6, 6.07) is 0.692. The van der Waals surface area contributed by atoms with Gasteiger partial charge in [-0.05, 0) is 50.5 Å². The van der Waals surface area contributed by atoms with Crippen LogP contribution in [-0.2, 0) is 4.79 Å². The molecule has 2 saturated carbocycles. The molecule has 0 radical (unpaired) electrons. The fourth-order valence-electron chi connectivity index (χ4n) is 5.15. The number of hydrogen-bond acceptors (Lipinski definition) is 2. The standard InChI is InChI=1S/C17H29NO2/c1-13-5-4-9-17(11-13,16(19)20)12-18-10-8-14-6-2-3-7-15(14)18/h13-15H,2-12H2,1H3,(H,19,20). The minimum Gasteiger partial charge on any atom is -0.481 e. The summed E-state index contributed by atoms with van der Waals surface area (Å²) >= 11 is 0. The highest BCUT2D eigenvalue weighted by atomic mass is 16.4. The van der Waals surface area contributed by atoms with Crippen LogP contribution in [0.3, 0.4) is 0 Å². The predicted octanol–water partition coefficient (Wildman–Crippen LogP) is 3.53. The van der Waals surface area contributed by atoms with Crippen LogP contribution in [0.1, 0.15) is 64.7 Å². The van der Waals surface area contributed by atoms with Gasteiger partial charge in [-0.25, -0.2) is 0 Å². The number of carboxylic acids is 1. The van der Waals surface area contributed by atoms with Crippen LogP contribution in [0.25, 0.3) is 0 Å². The first-order valence-electron chi connectivity index (χ1n) is 8.58. The number of carboxylic acid groups (broad SMARTS) is 1. The van der Waals surface area contributed by atoms with Gasteiger partial charge in [-0.15, -0.1) is 0 Å². The van der Waals surface area contributed by atoms with E-state index in [1.54, 1.807) is 0 Å². The average Bonchev–Trinajstić information content (AvgIpc) is 2.82. The molecule has 1 aliphatic heterocycles. The van der Waals surface area contributed by atoms with Gasteiger partial charge in [0.2, 0.25) is 0 Å². The second-order valence-electron chi connectivity index (χ2n) is 7.66. The zero-order chi connectivity index (χ0) is 14.2. The van der Waals surface area contributed by atoms with Gasteiger partial charge >= 0.3 is 5.97 Å². The Morgan fingerprint density at radius 2 is 2.00 bits per heavy atom. The fourth-order valence-corrected chi connectivity index (χ4v) is 5.15. The summed E-state index contributed by atoms with van der Waals surface area (Å²) in [5.41, 5.74) is -0.454. The first-order valence-corrected chi connectivity index (χ1v) is 8.58. The van der Waals surface area contributed by atoms with Gasteiger partial charge in [-0.1, -0.05) is 32.6 Å². The van der Waals surface area contributed by atoms with Crippen molar-refractivity contribution >= 4 is 5.97 Å². The Morgan fingerprint density at radius 1 is 1.20 bits per heavy atom. The maximum Gasteiger partial charge on any atom is 0.310 e. The molecule has 3 aliphatic rings. The van der Waals surface area contributed by atoms with Crippen LogP contribution in [-0.4, -0.2) is 35.1 Å². The molecule has 4 atom stereocenters. The van der Waals surface area contributed by atoms with Gasteiger partial charge in [0.15, 0.2) is 0 Å². The van der Waals surface area contributed by atoms with E-state index in [4.69, 9.17) is 0 Å². The van der Waals surface area contributed by atoms with Gasteiger partial charge in [0, 0.05) is 12.6 Å². The van der Waals surface area contributed by atoms with Crippen LogP contribution in [0, 0.1) is 17.3 Å². The van der Waals surface area contributed by atoms with E-state index in [1.807, 2.05) is 0 Å². The van der Waals surface area contributed by atoms with E-state index in [0.29, 0.717) is 12.0 Å². The van der Waals surface area contributed by atoms with Crippen molar-refractivity contribution in [2.24, 2.45) is 17.3 Å². The number of likely N-dealkylation sites (tertiary alicyclic amines) is 1. The summed E-state index contributed by atoms with van der Waals surface area (Å²) in [4.78, 5) is 14.5. The summed E-state index contributed by atoms with van der Waals surface area (Å²) < 4.78 is 0. The second kappa shape index (κ2) is 5.67. The molecule has 0 aromatic heterocycles. The zero-order valence-electron chi connectivity index (χ0n) is 12.8. The van der Waals surface area contributed by atoms with Crippen molar-refractivity contribution in [3.63, 3.8) is 0 Å². The second-order valence-corrected chi connectivity index (χ2v) is 7.66. The predicted molar refractivity (Wildman–Crippen MR) is 79.6 cm³/mol. The molecule has 3 rings (SSSR count). The molecule has 3 fully saturated rings. The number of fused-ring (bicyclic) bond motifs is 1. The van der Waals surface area contributed by atoms with Crippen molar-refractivity contribution in [2.75, 3.05) is 13.1 Å². The van der Waals surface area contributed by atoms with Crippen LogP contribution in [0.15, 0.2) is 0 Å². The van der Waals surface area contributed by atoms with E-state index in [9.17, 15) is 9.90 Å². The highest BCUT2D eigenvalue weighted by molar-refractivity contribution is 5.75. The van der Waals surface area contributed by atoms with Crippen LogP contribution in [0.4, 0.5) is 0 Å². The highest BCUT2D eigenvalue weighted by Gasteiger charge is 2.46. The van der Waals surface area contributed by atoms with Gasteiger partial charge in [0.05, 0.1) is 5.41 Å². The normalized spacial score (nSPS) is 42.4. The maximum absolute atomic E-state index is 11.9. The van der Waals surface area contributed by atoms with E-state index in [2.05, 4.69) is 11.8 Å². The quantitative estimate of drug-likeness (QED) is 0.859. The van der Waals surface area contributed by atoms with Crippen molar-refractivity contribution in [2.45, 2.75) is 70.8 Å². The summed E-state index contributed by atoms with van der Waals surface area (Å²) in [6.07, 6.45) is 10.8. The molecule has 2 aliphatic carbocycles. The van der Waals surface area contributed by atoms with Gasteiger partial charge in [0.1, 0.15) is 0 Å². The molecule has 0 amide bonds. The van der Waals surface area contributed by atoms with Gasteiger partial charge in [-0.3, -0.25) is 9.69 Å². The molecular formula is C17H29NO2. The topological polar surface area (TPSA) is 40.5 Å². The molecule has 0 bridgehead atoms. The van der Waals surface area contributed by atoms with Crippen LogP contribution in [0.5, 0.6) is 0 Å². The lowest BCUT2D eigenvalue weighted by Gasteiger charge is -2.42. The monoisotopic (exact) mass is 279 g/mol. The summed E-state index contributed by atoms with van der Waals surface area (Å²) in [5, 5.41) is 9.84. The van der Waals surface area contributed by atoms with E-state index in [0.717, 1.165) is 38.3 Å². The lowest BCUT2D eigenvalue weighted by Crippen LogP contribution is -2.48. The number of rotatable bonds is 3. The Balaban J connectivity index is 1.72. The molecule has 0 aromatic rings. The first kappa shape index (κ1) is 14.4. The van der Waals surface area contributed by atoms with E-state index < -0.39 is 11.4 Å².